The molecule has 0 heterocycles. The third-order valence-electron chi connectivity index (χ3n) is 7.51. The summed E-state index contributed by atoms with van der Waals surface area (Å²) < 4.78 is 106. The van der Waals surface area contributed by atoms with Crippen LogP contribution in [0.3, 0.4) is 0 Å². The summed E-state index contributed by atoms with van der Waals surface area (Å²) in [4.78, 5) is 0. The molecule has 8 heteroatoms. The molecule has 0 N–H and O–H groups in total. The first kappa shape index (κ1) is 32.5. The lowest BCUT2D eigenvalue weighted by atomic mass is 9.97. The molecule has 0 radical (unpaired) electrons. The van der Waals surface area contributed by atoms with Crippen molar-refractivity contribution in [1.82, 2.24) is 0 Å². The summed E-state index contributed by atoms with van der Waals surface area (Å²) in [6.07, 6.45) is 0.886. The first-order valence-electron chi connectivity index (χ1n) is 14.7. The second-order valence-electron chi connectivity index (χ2n) is 10.8. The fourth-order valence-electron chi connectivity index (χ4n) is 5.07. The number of hydrogen-bond donors (Lipinski definition) is 0. The molecule has 0 aliphatic rings. The van der Waals surface area contributed by atoms with Gasteiger partial charge in [0.25, 0.3) is 0 Å². The average molecular weight is 635 g/mol. The Morgan fingerprint density at radius 3 is 1.78 bits per heavy atom. The molecular formula is C38H29F7O. The van der Waals surface area contributed by atoms with Crippen LogP contribution in [0.1, 0.15) is 37.3 Å². The molecule has 0 bridgehead atoms. The molecule has 46 heavy (non-hydrogen) atoms. The number of ether oxygens (including phenoxy) is 1. The van der Waals surface area contributed by atoms with E-state index in [1.165, 1.54) is 35.9 Å². The molecule has 0 saturated heterocycles. The monoisotopic (exact) mass is 634 g/mol. The number of alkyl halides is 2. The molecule has 0 atom stereocenters. The Balaban J connectivity index is 1.29. The van der Waals surface area contributed by atoms with Gasteiger partial charge in [-0.2, -0.15) is 8.78 Å². The Labute approximate surface area is 262 Å². The summed E-state index contributed by atoms with van der Waals surface area (Å²) in [6, 6.07) is 21.7. The van der Waals surface area contributed by atoms with Crippen molar-refractivity contribution in [2.45, 2.75) is 38.7 Å². The van der Waals surface area contributed by atoms with Crippen LogP contribution in [0.25, 0.3) is 39.5 Å². The molecule has 5 aromatic carbocycles. The molecule has 0 saturated carbocycles. The van der Waals surface area contributed by atoms with E-state index in [0.717, 1.165) is 67.6 Å². The van der Waals surface area contributed by atoms with E-state index < -0.39 is 46.5 Å². The van der Waals surface area contributed by atoms with Crippen LogP contribution in [0.2, 0.25) is 0 Å². The molecule has 0 amide bonds. The smallest absolute Gasteiger partial charge is 0.419 e. The largest absolute Gasteiger partial charge is 0.429 e. The standard InChI is InChI=1S/C38H29F7O/c1-2-3-4-5-24-6-8-25(9-7-24)27-12-16-32(34(40)20-27)28-21-35(41)33(36(42)22-28)18-19-38(44,45)46-30-15-17-31(37(43)23-30)26-10-13-29(39)14-11-26/h6-23H,2-5H2,1H3/b19-18+. The van der Waals surface area contributed by atoms with Gasteiger partial charge in [-0.25, -0.2) is 22.0 Å². The van der Waals surface area contributed by atoms with E-state index in [4.69, 9.17) is 0 Å². The first-order chi connectivity index (χ1) is 22.0. The van der Waals surface area contributed by atoms with Gasteiger partial charge in [0.15, 0.2) is 0 Å². The van der Waals surface area contributed by atoms with Gasteiger partial charge >= 0.3 is 6.11 Å². The minimum Gasteiger partial charge on any atom is -0.429 e. The summed E-state index contributed by atoms with van der Waals surface area (Å²) in [5.41, 5.74) is 1.96. The third-order valence-corrected chi connectivity index (χ3v) is 7.51. The maximum atomic E-state index is 15.1. The molecule has 0 unspecified atom stereocenters. The molecule has 0 fully saturated rings. The van der Waals surface area contributed by atoms with Gasteiger partial charge in [0.2, 0.25) is 0 Å². The average Bonchev–Trinajstić information content (AvgIpc) is 3.01. The fourth-order valence-corrected chi connectivity index (χ4v) is 5.07. The van der Waals surface area contributed by atoms with Crippen LogP contribution in [-0.2, 0) is 6.42 Å². The Kier molecular flexibility index (Phi) is 9.95. The molecule has 0 aliphatic carbocycles. The zero-order valence-electron chi connectivity index (χ0n) is 24.8. The van der Waals surface area contributed by atoms with Crippen molar-refractivity contribution >= 4 is 6.08 Å². The number of unbranched alkanes of at least 4 members (excludes halogenated alkanes) is 2. The van der Waals surface area contributed by atoms with Crippen molar-refractivity contribution in [2.75, 3.05) is 0 Å². The highest BCUT2D eigenvalue weighted by molar-refractivity contribution is 5.72. The highest BCUT2D eigenvalue weighted by Crippen LogP contribution is 2.33. The van der Waals surface area contributed by atoms with Crippen molar-refractivity contribution in [2.24, 2.45) is 0 Å². The van der Waals surface area contributed by atoms with E-state index in [-0.39, 0.29) is 22.8 Å². The summed E-state index contributed by atoms with van der Waals surface area (Å²) >= 11 is 0. The topological polar surface area (TPSA) is 9.23 Å². The number of benzene rings is 5. The molecule has 5 aromatic rings. The predicted octanol–water partition coefficient (Wildman–Crippen LogP) is 11.8. The van der Waals surface area contributed by atoms with E-state index in [0.29, 0.717) is 17.2 Å². The lowest BCUT2D eigenvalue weighted by molar-refractivity contribution is -0.131. The van der Waals surface area contributed by atoms with E-state index in [2.05, 4.69) is 11.7 Å². The molecular weight excluding hydrogens is 605 g/mol. The van der Waals surface area contributed by atoms with E-state index in [1.807, 2.05) is 24.3 Å². The van der Waals surface area contributed by atoms with Crippen LogP contribution in [0.5, 0.6) is 5.75 Å². The number of rotatable bonds is 11. The van der Waals surface area contributed by atoms with Gasteiger partial charge in [-0.15, -0.1) is 0 Å². The van der Waals surface area contributed by atoms with E-state index in [1.54, 1.807) is 6.07 Å². The highest BCUT2D eigenvalue weighted by atomic mass is 19.3. The molecule has 0 aromatic heterocycles. The SMILES string of the molecule is CCCCCc1ccc(-c2ccc(-c3cc(F)c(/C=C/C(F)(F)Oc4ccc(-c5ccc(F)cc5)c(F)c4)c(F)c3)c(F)c2)cc1. The van der Waals surface area contributed by atoms with Crippen molar-refractivity contribution < 1.29 is 35.5 Å². The van der Waals surface area contributed by atoms with Gasteiger partial charge < -0.3 is 4.74 Å². The Bertz CT molecular complexity index is 1820. The second kappa shape index (κ2) is 14.1. The molecule has 236 valence electrons. The van der Waals surface area contributed by atoms with Gasteiger partial charge in [-0.05, 0) is 89.2 Å². The quantitative estimate of drug-likeness (QED) is 0.104. The Morgan fingerprint density at radius 1 is 0.587 bits per heavy atom. The number of halogens is 7. The van der Waals surface area contributed by atoms with E-state index in [9.17, 15) is 26.3 Å². The van der Waals surface area contributed by atoms with Crippen molar-refractivity contribution in [3.63, 3.8) is 0 Å². The van der Waals surface area contributed by atoms with Gasteiger partial charge in [-0.3, -0.25) is 0 Å². The maximum absolute atomic E-state index is 15.1. The fraction of sp³-hybridized carbons (Fsp3) is 0.158. The van der Waals surface area contributed by atoms with Gasteiger partial charge in [0.1, 0.15) is 34.8 Å². The predicted molar refractivity (Wildman–Crippen MR) is 167 cm³/mol. The molecule has 0 spiro atoms. The first-order valence-corrected chi connectivity index (χ1v) is 14.7. The zero-order valence-corrected chi connectivity index (χ0v) is 24.8. The summed E-state index contributed by atoms with van der Waals surface area (Å²) in [7, 11) is 0. The van der Waals surface area contributed by atoms with Crippen LogP contribution < -0.4 is 4.74 Å². The van der Waals surface area contributed by atoms with Gasteiger partial charge in [-0.1, -0.05) is 68.3 Å². The minimum atomic E-state index is -4.07. The lowest BCUT2D eigenvalue weighted by Gasteiger charge is -2.15. The highest BCUT2D eigenvalue weighted by Gasteiger charge is 2.29. The third kappa shape index (κ3) is 7.86. The Morgan fingerprint density at radius 2 is 1.15 bits per heavy atom. The van der Waals surface area contributed by atoms with Crippen molar-refractivity contribution in [3.05, 3.63) is 143 Å². The van der Waals surface area contributed by atoms with Gasteiger partial charge in [0, 0.05) is 28.8 Å². The number of aryl methyl sites for hydroxylation is 1. The summed E-state index contributed by atoms with van der Waals surface area (Å²) in [5, 5.41) is 0. The minimum absolute atomic E-state index is 0.0355. The van der Waals surface area contributed by atoms with Crippen molar-refractivity contribution in [3.8, 4) is 39.1 Å². The Hall–Kier alpha value is -4.85. The van der Waals surface area contributed by atoms with Crippen LogP contribution in [-0.4, -0.2) is 6.11 Å². The lowest BCUT2D eigenvalue weighted by Crippen LogP contribution is -2.21. The summed E-state index contributed by atoms with van der Waals surface area (Å²) in [5.74, 6) is -5.06. The van der Waals surface area contributed by atoms with Crippen molar-refractivity contribution in [1.29, 1.82) is 0 Å². The van der Waals surface area contributed by atoms with Crippen LogP contribution in [0.4, 0.5) is 30.7 Å². The normalized spacial score (nSPS) is 11.7. The van der Waals surface area contributed by atoms with Crippen LogP contribution in [0.15, 0.2) is 103 Å². The maximum Gasteiger partial charge on any atom is 0.419 e. The number of hydrogen-bond acceptors (Lipinski definition) is 1. The van der Waals surface area contributed by atoms with Crippen LogP contribution >= 0.6 is 0 Å². The van der Waals surface area contributed by atoms with Crippen LogP contribution in [0, 0.1) is 29.1 Å². The molecule has 0 aliphatic heterocycles. The van der Waals surface area contributed by atoms with Gasteiger partial charge in [0.05, 0.1) is 0 Å². The van der Waals surface area contributed by atoms with E-state index >= 15 is 4.39 Å². The summed E-state index contributed by atoms with van der Waals surface area (Å²) in [6.45, 7) is 2.14. The second-order valence-corrected chi connectivity index (χ2v) is 10.8. The molecule has 1 nitrogen and oxygen atoms in total. The molecule has 5 rings (SSSR count). The zero-order chi connectivity index (χ0) is 32.8.